The van der Waals surface area contributed by atoms with E-state index in [0.717, 1.165) is 0 Å². The Hall–Kier alpha value is -0.500. The molecule has 0 amide bonds. The fraction of sp³-hybridized carbons (Fsp3) is 0.667. The number of ether oxygens (including phenoxy) is 1. The van der Waals surface area contributed by atoms with Gasteiger partial charge in [0.15, 0.2) is 0 Å². The van der Waals surface area contributed by atoms with Gasteiger partial charge < -0.3 is 4.74 Å². The zero-order chi connectivity index (χ0) is 9.56. The van der Waals surface area contributed by atoms with Crippen LogP contribution >= 0.6 is 11.6 Å². The van der Waals surface area contributed by atoms with Crippen LogP contribution in [-0.4, -0.2) is 13.1 Å². The lowest BCUT2D eigenvalue weighted by Gasteiger charge is -2.15. The van der Waals surface area contributed by atoms with Gasteiger partial charge in [0.25, 0.3) is 0 Å². The van der Waals surface area contributed by atoms with Gasteiger partial charge >= 0.3 is 5.97 Å². The van der Waals surface area contributed by atoms with Gasteiger partial charge in [0.2, 0.25) is 0 Å². The second-order valence-electron chi connectivity index (χ2n) is 2.97. The van der Waals surface area contributed by atoms with E-state index in [1.54, 1.807) is 6.08 Å². The Kier molecular flexibility index (Phi) is 5.81. The maximum Gasteiger partial charge on any atom is 0.309 e. The summed E-state index contributed by atoms with van der Waals surface area (Å²) in [6.45, 7) is 3.98. The monoisotopic (exact) mass is 190 g/mol. The molecule has 0 spiro atoms. The van der Waals surface area contributed by atoms with Crippen molar-refractivity contribution in [3.63, 3.8) is 0 Å². The van der Waals surface area contributed by atoms with Crippen LogP contribution in [0.25, 0.3) is 0 Å². The molecule has 0 aromatic rings. The predicted molar refractivity (Wildman–Crippen MR) is 50.0 cm³/mol. The number of rotatable bonds is 4. The fourth-order valence-corrected chi connectivity index (χ4v) is 1.09. The van der Waals surface area contributed by atoms with Crippen LogP contribution in [0.5, 0.6) is 0 Å². The smallest absolute Gasteiger partial charge is 0.309 e. The minimum atomic E-state index is -0.167. The molecule has 0 unspecified atom stereocenters. The molecule has 12 heavy (non-hydrogen) atoms. The van der Waals surface area contributed by atoms with Crippen molar-refractivity contribution in [1.82, 2.24) is 0 Å². The molecular formula is C9H15ClO2. The van der Waals surface area contributed by atoms with Gasteiger partial charge in [-0.1, -0.05) is 31.5 Å². The summed E-state index contributed by atoms with van der Waals surface area (Å²) >= 11 is 5.37. The summed E-state index contributed by atoms with van der Waals surface area (Å²) in [7, 11) is 1.40. The van der Waals surface area contributed by atoms with Gasteiger partial charge in [0.1, 0.15) is 0 Å². The van der Waals surface area contributed by atoms with Gasteiger partial charge in [-0.05, 0) is 12.3 Å². The van der Waals surface area contributed by atoms with E-state index in [1.165, 1.54) is 12.6 Å². The zero-order valence-electron chi connectivity index (χ0n) is 7.71. The number of hydrogen-bond acceptors (Lipinski definition) is 2. The van der Waals surface area contributed by atoms with Crippen LogP contribution in [0.1, 0.15) is 20.3 Å². The van der Waals surface area contributed by atoms with Crippen LogP contribution in [0.4, 0.5) is 0 Å². The van der Waals surface area contributed by atoms with Crippen LogP contribution in [0.2, 0.25) is 0 Å². The summed E-state index contributed by atoms with van der Waals surface area (Å²) in [6.07, 6.45) is 2.41. The molecule has 0 fully saturated rings. The molecule has 0 rings (SSSR count). The van der Waals surface area contributed by atoms with Crippen molar-refractivity contribution in [2.45, 2.75) is 20.3 Å². The first-order valence-corrected chi connectivity index (χ1v) is 4.40. The molecule has 0 N–H and O–H groups in total. The molecule has 0 saturated carbocycles. The Morgan fingerprint density at radius 1 is 1.58 bits per heavy atom. The van der Waals surface area contributed by atoms with E-state index in [1.807, 2.05) is 13.8 Å². The van der Waals surface area contributed by atoms with Gasteiger partial charge in [-0.25, -0.2) is 0 Å². The van der Waals surface area contributed by atoms with Gasteiger partial charge in [0.05, 0.1) is 13.0 Å². The summed E-state index contributed by atoms with van der Waals surface area (Å²) < 4.78 is 4.65. The molecule has 0 saturated heterocycles. The summed E-state index contributed by atoms with van der Waals surface area (Å²) in [5.41, 5.74) is 1.43. The van der Waals surface area contributed by atoms with Crippen molar-refractivity contribution in [1.29, 1.82) is 0 Å². The van der Waals surface area contributed by atoms with Crippen molar-refractivity contribution in [3.05, 3.63) is 11.6 Å². The molecule has 0 aromatic heterocycles. The van der Waals surface area contributed by atoms with Gasteiger partial charge in [-0.15, -0.1) is 0 Å². The van der Waals surface area contributed by atoms with E-state index in [4.69, 9.17) is 11.6 Å². The number of hydrogen-bond donors (Lipinski definition) is 0. The number of methoxy groups -OCH3 is 1. The molecular weight excluding hydrogens is 176 g/mol. The number of allylic oxidation sites excluding steroid dienone is 1. The van der Waals surface area contributed by atoms with Gasteiger partial charge in [-0.3, -0.25) is 4.79 Å². The van der Waals surface area contributed by atoms with E-state index in [0.29, 0.717) is 6.42 Å². The maximum absolute atomic E-state index is 11.2. The summed E-state index contributed by atoms with van der Waals surface area (Å²) in [6, 6.07) is 0. The molecule has 0 aliphatic carbocycles. The maximum atomic E-state index is 11.2. The molecule has 70 valence electrons. The third-order valence-electron chi connectivity index (χ3n) is 1.79. The average Bonchev–Trinajstić information content (AvgIpc) is 2.04. The lowest BCUT2D eigenvalue weighted by molar-refractivity contribution is -0.146. The summed E-state index contributed by atoms with van der Waals surface area (Å²) in [5.74, 6) is 0.0371. The summed E-state index contributed by atoms with van der Waals surface area (Å²) in [4.78, 5) is 11.2. The van der Waals surface area contributed by atoms with Gasteiger partial charge in [0, 0.05) is 5.54 Å². The Bertz CT molecular complexity index is 164. The highest BCUT2D eigenvalue weighted by Gasteiger charge is 2.20. The topological polar surface area (TPSA) is 26.3 Å². The highest BCUT2D eigenvalue weighted by Crippen LogP contribution is 2.17. The van der Waals surface area contributed by atoms with E-state index in [9.17, 15) is 4.79 Å². The van der Waals surface area contributed by atoms with Crippen molar-refractivity contribution in [2.24, 2.45) is 11.8 Å². The lowest BCUT2D eigenvalue weighted by atomic mass is 9.93. The molecule has 0 bridgehead atoms. The predicted octanol–water partition coefficient (Wildman–Crippen LogP) is 2.57. The van der Waals surface area contributed by atoms with Crippen LogP contribution < -0.4 is 0 Å². The number of esters is 1. The average molecular weight is 191 g/mol. The van der Waals surface area contributed by atoms with Crippen molar-refractivity contribution in [3.8, 4) is 0 Å². The minimum absolute atomic E-state index is 0.0787. The third-order valence-corrected chi connectivity index (χ3v) is 1.97. The van der Waals surface area contributed by atoms with Crippen LogP contribution in [0.15, 0.2) is 11.6 Å². The molecule has 3 heteroatoms. The normalized spacial score (nSPS) is 13.8. The van der Waals surface area contributed by atoms with Crippen molar-refractivity contribution in [2.75, 3.05) is 7.11 Å². The SMILES string of the molecule is COC(=O)[C@H](CC=CCl)C(C)C. The summed E-state index contributed by atoms with van der Waals surface area (Å²) in [5, 5.41) is 0. The Morgan fingerprint density at radius 3 is 2.50 bits per heavy atom. The highest BCUT2D eigenvalue weighted by molar-refractivity contribution is 6.25. The van der Waals surface area contributed by atoms with Crippen LogP contribution in [0.3, 0.4) is 0 Å². The standard InChI is InChI=1S/C9H15ClO2/c1-7(2)8(5-4-6-10)9(11)12-3/h4,6-8H,5H2,1-3H3/t8-/m1/s1. The largest absolute Gasteiger partial charge is 0.469 e. The molecule has 1 atom stereocenters. The van der Waals surface area contributed by atoms with E-state index in [-0.39, 0.29) is 17.8 Å². The molecule has 0 aliphatic heterocycles. The minimum Gasteiger partial charge on any atom is -0.469 e. The first-order valence-electron chi connectivity index (χ1n) is 3.96. The number of halogens is 1. The fourth-order valence-electron chi connectivity index (χ4n) is 0.990. The zero-order valence-corrected chi connectivity index (χ0v) is 8.47. The molecule has 2 nitrogen and oxygen atoms in total. The highest BCUT2D eigenvalue weighted by atomic mass is 35.5. The Labute approximate surface area is 78.5 Å². The molecule has 0 aliphatic rings. The second-order valence-corrected chi connectivity index (χ2v) is 3.22. The van der Waals surface area contributed by atoms with Gasteiger partial charge in [-0.2, -0.15) is 0 Å². The quantitative estimate of drug-likeness (QED) is 0.637. The van der Waals surface area contributed by atoms with Crippen molar-refractivity contribution < 1.29 is 9.53 Å². The lowest BCUT2D eigenvalue weighted by Crippen LogP contribution is -2.20. The van der Waals surface area contributed by atoms with E-state index < -0.39 is 0 Å². The van der Waals surface area contributed by atoms with E-state index in [2.05, 4.69) is 4.74 Å². The van der Waals surface area contributed by atoms with E-state index >= 15 is 0 Å². The van der Waals surface area contributed by atoms with Crippen LogP contribution in [0, 0.1) is 11.8 Å². The number of carbonyl (C=O) groups is 1. The molecule has 0 aromatic carbocycles. The molecule has 0 radical (unpaired) electrons. The Morgan fingerprint density at radius 2 is 2.17 bits per heavy atom. The Balaban J connectivity index is 4.13. The second kappa shape index (κ2) is 6.06. The first-order chi connectivity index (χ1) is 5.63. The van der Waals surface area contributed by atoms with Crippen molar-refractivity contribution >= 4 is 17.6 Å². The third kappa shape index (κ3) is 3.77. The number of carbonyl (C=O) groups excluding carboxylic acids is 1. The van der Waals surface area contributed by atoms with Crippen LogP contribution in [-0.2, 0) is 9.53 Å². The first kappa shape index (κ1) is 11.5. The molecule has 0 heterocycles.